The van der Waals surface area contributed by atoms with Crippen molar-refractivity contribution in [3.63, 3.8) is 0 Å². The number of hydrogen-bond donors (Lipinski definition) is 1. The van der Waals surface area contributed by atoms with Gasteiger partial charge in [-0.25, -0.2) is 0 Å². The van der Waals surface area contributed by atoms with E-state index in [9.17, 15) is 10.1 Å². The SMILES string of the molecule is CNc1c(COC2CC(C)CC(C)C2)cccc1[N+](=O)[O-]. The number of rotatable bonds is 5. The highest BCUT2D eigenvalue weighted by Crippen LogP contribution is 2.32. The van der Waals surface area contributed by atoms with E-state index in [4.69, 9.17) is 4.74 Å². The summed E-state index contributed by atoms with van der Waals surface area (Å²) < 4.78 is 6.02. The molecule has 21 heavy (non-hydrogen) atoms. The van der Waals surface area contributed by atoms with Gasteiger partial charge < -0.3 is 10.1 Å². The molecule has 1 fully saturated rings. The number of nitrogens with zero attached hydrogens (tertiary/aromatic N) is 1. The van der Waals surface area contributed by atoms with Gasteiger partial charge >= 0.3 is 0 Å². The van der Waals surface area contributed by atoms with Crippen LogP contribution in [0.5, 0.6) is 0 Å². The Balaban J connectivity index is 2.06. The maximum absolute atomic E-state index is 11.0. The number of anilines is 1. The summed E-state index contributed by atoms with van der Waals surface area (Å²) in [6.07, 6.45) is 3.67. The summed E-state index contributed by atoms with van der Waals surface area (Å²) in [5, 5.41) is 14.0. The smallest absolute Gasteiger partial charge is 0.292 e. The number of benzene rings is 1. The molecule has 0 saturated heterocycles. The Labute approximate surface area is 125 Å². The Kier molecular flexibility index (Phi) is 5.17. The van der Waals surface area contributed by atoms with Crippen LogP contribution in [0.1, 0.15) is 38.7 Å². The minimum atomic E-state index is -0.361. The van der Waals surface area contributed by atoms with Crippen molar-refractivity contribution in [2.24, 2.45) is 11.8 Å². The van der Waals surface area contributed by atoms with Crippen molar-refractivity contribution in [1.82, 2.24) is 0 Å². The lowest BCUT2D eigenvalue weighted by Crippen LogP contribution is -2.26. The van der Waals surface area contributed by atoms with Crippen LogP contribution in [0, 0.1) is 22.0 Å². The number of nitrogens with one attached hydrogen (secondary N) is 1. The van der Waals surface area contributed by atoms with Gasteiger partial charge in [0.2, 0.25) is 0 Å². The van der Waals surface area contributed by atoms with Crippen LogP contribution in [0.3, 0.4) is 0 Å². The van der Waals surface area contributed by atoms with Crippen molar-refractivity contribution >= 4 is 11.4 Å². The highest BCUT2D eigenvalue weighted by Gasteiger charge is 2.25. The van der Waals surface area contributed by atoms with Crippen molar-refractivity contribution < 1.29 is 9.66 Å². The third-order valence-electron chi connectivity index (χ3n) is 4.19. The first-order chi connectivity index (χ1) is 10.0. The minimum Gasteiger partial charge on any atom is -0.382 e. The summed E-state index contributed by atoms with van der Waals surface area (Å²) in [5.41, 5.74) is 1.50. The summed E-state index contributed by atoms with van der Waals surface area (Å²) in [5.74, 6) is 1.38. The fraction of sp³-hybridized carbons (Fsp3) is 0.625. The second-order valence-electron chi connectivity index (χ2n) is 6.17. The van der Waals surface area contributed by atoms with E-state index in [1.54, 1.807) is 13.1 Å². The lowest BCUT2D eigenvalue weighted by molar-refractivity contribution is -0.384. The van der Waals surface area contributed by atoms with Crippen LogP contribution in [0.25, 0.3) is 0 Å². The normalized spacial score (nSPS) is 25.6. The molecule has 2 unspecified atom stereocenters. The van der Waals surface area contributed by atoms with Crippen LogP contribution >= 0.6 is 0 Å². The molecule has 0 aliphatic heterocycles. The van der Waals surface area contributed by atoms with Gasteiger partial charge in [-0.2, -0.15) is 0 Å². The maximum atomic E-state index is 11.0. The van der Waals surface area contributed by atoms with E-state index < -0.39 is 0 Å². The topological polar surface area (TPSA) is 64.4 Å². The first-order valence-corrected chi connectivity index (χ1v) is 7.56. The van der Waals surface area contributed by atoms with Gasteiger partial charge in [-0.15, -0.1) is 0 Å². The second-order valence-corrected chi connectivity index (χ2v) is 6.17. The zero-order valence-corrected chi connectivity index (χ0v) is 13.0. The molecule has 1 aliphatic carbocycles. The van der Waals surface area contributed by atoms with E-state index in [0.717, 1.165) is 18.4 Å². The first kappa shape index (κ1) is 15.8. The lowest BCUT2D eigenvalue weighted by Gasteiger charge is -2.31. The highest BCUT2D eigenvalue weighted by atomic mass is 16.6. The van der Waals surface area contributed by atoms with E-state index in [1.807, 2.05) is 6.07 Å². The second kappa shape index (κ2) is 6.89. The predicted octanol–water partition coefficient (Wildman–Crippen LogP) is 3.98. The lowest BCUT2D eigenvalue weighted by atomic mass is 9.82. The molecular formula is C16H24N2O3. The molecule has 1 saturated carbocycles. The predicted molar refractivity (Wildman–Crippen MR) is 83.4 cm³/mol. The molecule has 2 rings (SSSR count). The van der Waals surface area contributed by atoms with E-state index in [1.165, 1.54) is 12.5 Å². The van der Waals surface area contributed by atoms with Crippen molar-refractivity contribution in [3.8, 4) is 0 Å². The zero-order chi connectivity index (χ0) is 15.4. The van der Waals surface area contributed by atoms with E-state index in [0.29, 0.717) is 24.1 Å². The molecule has 116 valence electrons. The van der Waals surface area contributed by atoms with Gasteiger partial charge in [-0.1, -0.05) is 26.0 Å². The van der Waals surface area contributed by atoms with Crippen LogP contribution < -0.4 is 5.32 Å². The third-order valence-corrected chi connectivity index (χ3v) is 4.19. The van der Waals surface area contributed by atoms with Crippen molar-refractivity contribution in [3.05, 3.63) is 33.9 Å². The molecule has 0 heterocycles. The molecule has 1 N–H and O–H groups in total. The highest BCUT2D eigenvalue weighted by molar-refractivity contribution is 5.65. The first-order valence-electron chi connectivity index (χ1n) is 7.56. The van der Waals surface area contributed by atoms with E-state index >= 15 is 0 Å². The molecule has 5 heteroatoms. The Morgan fingerprint density at radius 3 is 2.52 bits per heavy atom. The molecule has 1 aromatic carbocycles. The summed E-state index contributed by atoms with van der Waals surface area (Å²) >= 11 is 0. The summed E-state index contributed by atoms with van der Waals surface area (Å²) in [6, 6.07) is 5.11. The number of nitro benzene ring substituents is 1. The Morgan fingerprint density at radius 2 is 1.95 bits per heavy atom. The van der Waals surface area contributed by atoms with Gasteiger partial charge in [0.15, 0.2) is 0 Å². The Morgan fingerprint density at radius 1 is 1.29 bits per heavy atom. The van der Waals surface area contributed by atoms with Crippen LogP contribution in [-0.4, -0.2) is 18.1 Å². The molecule has 1 aromatic rings. The van der Waals surface area contributed by atoms with Gasteiger partial charge in [0, 0.05) is 18.7 Å². The molecule has 0 amide bonds. The third kappa shape index (κ3) is 3.94. The molecule has 0 radical (unpaired) electrons. The monoisotopic (exact) mass is 292 g/mol. The summed E-state index contributed by atoms with van der Waals surface area (Å²) in [6.45, 7) is 4.94. The molecule has 5 nitrogen and oxygen atoms in total. The number of nitro groups is 1. The summed E-state index contributed by atoms with van der Waals surface area (Å²) in [4.78, 5) is 10.7. The van der Waals surface area contributed by atoms with Gasteiger partial charge in [-0.05, 0) is 31.1 Å². The van der Waals surface area contributed by atoms with Crippen LogP contribution in [0.2, 0.25) is 0 Å². The molecule has 0 bridgehead atoms. The molecule has 1 aliphatic rings. The van der Waals surface area contributed by atoms with Gasteiger partial charge in [0.05, 0.1) is 17.6 Å². The minimum absolute atomic E-state index is 0.101. The van der Waals surface area contributed by atoms with Crippen molar-refractivity contribution in [2.45, 2.75) is 45.8 Å². The van der Waals surface area contributed by atoms with Gasteiger partial charge in [0.25, 0.3) is 5.69 Å². The molecule has 2 atom stereocenters. The summed E-state index contributed by atoms with van der Waals surface area (Å²) in [7, 11) is 1.70. The molecule has 0 spiro atoms. The fourth-order valence-electron chi connectivity index (χ4n) is 3.36. The van der Waals surface area contributed by atoms with Crippen molar-refractivity contribution in [2.75, 3.05) is 12.4 Å². The van der Waals surface area contributed by atoms with E-state index in [-0.39, 0.29) is 16.7 Å². The van der Waals surface area contributed by atoms with Gasteiger partial charge in [-0.3, -0.25) is 10.1 Å². The van der Waals surface area contributed by atoms with Crippen molar-refractivity contribution in [1.29, 1.82) is 0 Å². The Bertz CT molecular complexity index is 494. The van der Waals surface area contributed by atoms with Crippen LogP contribution in [0.15, 0.2) is 18.2 Å². The number of hydrogen-bond acceptors (Lipinski definition) is 4. The fourth-order valence-corrected chi connectivity index (χ4v) is 3.36. The molecular weight excluding hydrogens is 268 g/mol. The quantitative estimate of drug-likeness (QED) is 0.658. The molecule has 0 aromatic heterocycles. The Hall–Kier alpha value is -1.62. The maximum Gasteiger partial charge on any atom is 0.292 e. The van der Waals surface area contributed by atoms with Crippen LogP contribution in [-0.2, 0) is 11.3 Å². The number of para-hydroxylation sites is 1. The van der Waals surface area contributed by atoms with E-state index in [2.05, 4.69) is 19.2 Å². The standard InChI is InChI=1S/C16H24N2O3/c1-11-7-12(2)9-14(8-11)21-10-13-5-4-6-15(18(19)20)16(13)17-3/h4-6,11-12,14,17H,7-10H2,1-3H3. The number of ether oxygens (including phenoxy) is 1. The largest absolute Gasteiger partial charge is 0.382 e. The zero-order valence-electron chi connectivity index (χ0n) is 13.0. The average Bonchev–Trinajstić information content (AvgIpc) is 2.43. The van der Waals surface area contributed by atoms with Gasteiger partial charge in [0.1, 0.15) is 5.69 Å². The van der Waals surface area contributed by atoms with Crippen LogP contribution in [0.4, 0.5) is 11.4 Å². The average molecular weight is 292 g/mol.